The molecule has 2 heterocycles. The zero-order valence-electron chi connectivity index (χ0n) is 17.3. The summed E-state index contributed by atoms with van der Waals surface area (Å²) in [5.74, 6) is 0.196. The first-order valence-corrected chi connectivity index (χ1v) is 10.7. The second kappa shape index (κ2) is 10.0. The maximum absolute atomic E-state index is 13.2. The van der Waals surface area contributed by atoms with Gasteiger partial charge in [-0.3, -0.25) is 14.5 Å². The number of nitrogens with zero attached hydrogens (tertiary/aromatic N) is 3. The highest BCUT2D eigenvalue weighted by atomic mass is 16.2. The molecule has 1 atom stereocenters. The van der Waals surface area contributed by atoms with Crippen LogP contribution < -0.4 is 5.32 Å². The number of likely N-dealkylation sites (N-methyl/N-ethyl adjacent to an activating group) is 1. The summed E-state index contributed by atoms with van der Waals surface area (Å²) in [5, 5.41) is 3.28. The molecule has 1 aromatic carbocycles. The second-order valence-electron chi connectivity index (χ2n) is 7.93. The van der Waals surface area contributed by atoms with Crippen LogP contribution in [-0.4, -0.2) is 84.9 Å². The van der Waals surface area contributed by atoms with Crippen LogP contribution in [0.15, 0.2) is 24.3 Å². The molecule has 0 aliphatic carbocycles. The fourth-order valence-corrected chi connectivity index (χ4v) is 4.31. The van der Waals surface area contributed by atoms with Gasteiger partial charge in [0.1, 0.15) is 0 Å². The van der Waals surface area contributed by atoms with Gasteiger partial charge in [-0.2, -0.15) is 0 Å². The van der Waals surface area contributed by atoms with Gasteiger partial charge >= 0.3 is 0 Å². The number of aryl methyl sites for hydroxylation is 1. The average Bonchev–Trinajstić information content (AvgIpc) is 3.18. The van der Waals surface area contributed by atoms with Crippen LogP contribution in [0, 0.1) is 6.92 Å². The second-order valence-corrected chi connectivity index (χ2v) is 7.93. The lowest BCUT2D eigenvalue weighted by atomic mass is 10.1. The first-order chi connectivity index (χ1) is 13.6. The molecule has 0 spiro atoms. The quantitative estimate of drug-likeness (QED) is 0.776. The highest BCUT2D eigenvalue weighted by Gasteiger charge is 2.28. The number of nitrogens with one attached hydrogen (secondary N) is 1. The Kier molecular flexibility index (Phi) is 7.45. The fourth-order valence-electron chi connectivity index (χ4n) is 4.31. The molecule has 0 radical (unpaired) electrons. The topological polar surface area (TPSA) is 55.9 Å². The van der Waals surface area contributed by atoms with Crippen molar-refractivity contribution < 1.29 is 9.59 Å². The smallest absolute Gasteiger partial charge is 0.253 e. The molecule has 1 N–H and O–H groups in total. The van der Waals surface area contributed by atoms with E-state index < -0.39 is 0 Å². The van der Waals surface area contributed by atoms with Crippen LogP contribution in [0.3, 0.4) is 0 Å². The zero-order valence-corrected chi connectivity index (χ0v) is 17.3. The van der Waals surface area contributed by atoms with Crippen molar-refractivity contribution >= 4 is 11.8 Å². The standard InChI is InChI=1S/C22H34N4O2/c1-3-24-12-5-8-20(24)17-26(22(28)19-7-4-6-18(2)16-19)13-9-21(27)25-14-10-23-11-15-25/h4,6-7,16,20,23H,3,5,8-15,17H2,1-2H3. The van der Waals surface area contributed by atoms with Gasteiger partial charge in [-0.15, -0.1) is 0 Å². The lowest BCUT2D eigenvalue weighted by molar-refractivity contribution is -0.132. The van der Waals surface area contributed by atoms with E-state index in [4.69, 9.17) is 0 Å². The van der Waals surface area contributed by atoms with Crippen LogP contribution >= 0.6 is 0 Å². The van der Waals surface area contributed by atoms with E-state index in [-0.39, 0.29) is 11.8 Å². The summed E-state index contributed by atoms with van der Waals surface area (Å²) in [6.07, 6.45) is 2.71. The van der Waals surface area contributed by atoms with Crippen LogP contribution in [0.1, 0.15) is 42.1 Å². The van der Waals surface area contributed by atoms with Crippen molar-refractivity contribution in [2.45, 2.75) is 39.2 Å². The number of carbonyl (C=O) groups excluding carboxylic acids is 2. The van der Waals surface area contributed by atoms with Gasteiger partial charge in [0.25, 0.3) is 5.91 Å². The Bertz CT molecular complexity index is 672. The van der Waals surface area contributed by atoms with Crippen molar-refractivity contribution in [1.82, 2.24) is 20.0 Å². The van der Waals surface area contributed by atoms with Crippen LogP contribution in [0.5, 0.6) is 0 Å². The molecule has 6 nitrogen and oxygen atoms in total. The minimum Gasteiger partial charge on any atom is -0.340 e. The fraction of sp³-hybridized carbons (Fsp3) is 0.636. The van der Waals surface area contributed by atoms with Gasteiger partial charge in [-0.05, 0) is 45.0 Å². The largest absolute Gasteiger partial charge is 0.340 e. The normalized spacial score (nSPS) is 20.4. The van der Waals surface area contributed by atoms with Crippen molar-refractivity contribution in [3.63, 3.8) is 0 Å². The molecule has 2 aliphatic heterocycles. The van der Waals surface area contributed by atoms with Crippen molar-refractivity contribution in [1.29, 1.82) is 0 Å². The van der Waals surface area contributed by atoms with Gasteiger partial charge in [0.2, 0.25) is 5.91 Å². The maximum atomic E-state index is 13.2. The minimum absolute atomic E-state index is 0.0414. The molecular formula is C22H34N4O2. The van der Waals surface area contributed by atoms with Gasteiger partial charge in [-0.25, -0.2) is 0 Å². The Morgan fingerprint density at radius 3 is 2.71 bits per heavy atom. The van der Waals surface area contributed by atoms with E-state index in [9.17, 15) is 9.59 Å². The summed E-state index contributed by atoms with van der Waals surface area (Å²) in [4.78, 5) is 32.1. The summed E-state index contributed by atoms with van der Waals surface area (Å²) in [5.41, 5.74) is 1.80. The predicted octanol–water partition coefficient (Wildman–Crippen LogP) is 1.74. The first kappa shape index (κ1) is 20.8. The van der Waals surface area contributed by atoms with E-state index >= 15 is 0 Å². The molecule has 154 valence electrons. The number of benzene rings is 1. The number of carbonyl (C=O) groups is 2. The van der Waals surface area contributed by atoms with Crippen LogP contribution in [0.4, 0.5) is 0 Å². The van der Waals surface area contributed by atoms with Gasteiger partial charge in [0.15, 0.2) is 0 Å². The Morgan fingerprint density at radius 2 is 2.00 bits per heavy atom. The van der Waals surface area contributed by atoms with E-state index in [1.807, 2.05) is 41.0 Å². The Labute approximate surface area is 168 Å². The molecule has 1 aromatic rings. The molecule has 3 rings (SSSR count). The molecule has 6 heteroatoms. The molecule has 2 saturated heterocycles. The van der Waals surface area contributed by atoms with Crippen LogP contribution in [0.25, 0.3) is 0 Å². The third-order valence-corrected chi connectivity index (χ3v) is 5.95. The number of hydrogen-bond acceptors (Lipinski definition) is 4. The Morgan fingerprint density at radius 1 is 1.21 bits per heavy atom. The zero-order chi connectivity index (χ0) is 19.9. The highest BCUT2D eigenvalue weighted by Crippen LogP contribution is 2.19. The van der Waals surface area contributed by atoms with Crippen molar-refractivity contribution in [2.24, 2.45) is 0 Å². The summed E-state index contributed by atoms with van der Waals surface area (Å²) < 4.78 is 0. The molecule has 0 aromatic heterocycles. The molecule has 2 amide bonds. The van der Waals surface area contributed by atoms with E-state index in [0.717, 1.165) is 56.8 Å². The maximum Gasteiger partial charge on any atom is 0.253 e. The number of likely N-dealkylation sites (tertiary alicyclic amines) is 1. The van der Waals surface area contributed by atoms with E-state index in [1.165, 1.54) is 6.42 Å². The third-order valence-electron chi connectivity index (χ3n) is 5.95. The lowest BCUT2D eigenvalue weighted by Gasteiger charge is -2.32. The highest BCUT2D eigenvalue weighted by molar-refractivity contribution is 5.94. The molecule has 1 unspecified atom stereocenters. The van der Waals surface area contributed by atoms with Crippen molar-refractivity contribution in [3.05, 3.63) is 35.4 Å². The molecular weight excluding hydrogens is 352 g/mol. The van der Waals surface area contributed by atoms with E-state index in [0.29, 0.717) is 25.6 Å². The monoisotopic (exact) mass is 386 g/mol. The number of piperazine rings is 1. The van der Waals surface area contributed by atoms with Gasteiger partial charge in [0.05, 0.1) is 0 Å². The van der Waals surface area contributed by atoms with E-state index in [2.05, 4.69) is 17.1 Å². The van der Waals surface area contributed by atoms with Crippen LogP contribution in [0.2, 0.25) is 0 Å². The summed E-state index contributed by atoms with van der Waals surface area (Å²) >= 11 is 0. The summed E-state index contributed by atoms with van der Waals surface area (Å²) in [6.45, 7) is 10.7. The van der Waals surface area contributed by atoms with Crippen molar-refractivity contribution in [2.75, 3.05) is 52.4 Å². The van der Waals surface area contributed by atoms with Gasteiger partial charge < -0.3 is 15.1 Å². The Hall–Kier alpha value is -1.92. The molecule has 28 heavy (non-hydrogen) atoms. The molecule has 2 aliphatic rings. The van der Waals surface area contributed by atoms with Gasteiger partial charge in [-0.1, -0.05) is 24.6 Å². The van der Waals surface area contributed by atoms with Crippen molar-refractivity contribution in [3.8, 4) is 0 Å². The lowest BCUT2D eigenvalue weighted by Crippen LogP contribution is -2.48. The molecule has 2 fully saturated rings. The minimum atomic E-state index is 0.0414. The average molecular weight is 387 g/mol. The SMILES string of the molecule is CCN1CCCC1CN(CCC(=O)N1CCNCC1)C(=O)c1cccc(C)c1. The number of hydrogen-bond donors (Lipinski definition) is 1. The summed E-state index contributed by atoms with van der Waals surface area (Å²) in [6, 6.07) is 8.16. The van der Waals surface area contributed by atoms with Gasteiger partial charge in [0, 0.05) is 57.3 Å². The predicted molar refractivity (Wildman–Crippen MR) is 111 cm³/mol. The molecule has 0 saturated carbocycles. The van der Waals surface area contributed by atoms with E-state index in [1.54, 1.807) is 0 Å². The first-order valence-electron chi connectivity index (χ1n) is 10.7. The Balaban J connectivity index is 1.68. The number of amides is 2. The summed E-state index contributed by atoms with van der Waals surface area (Å²) in [7, 11) is 0. The molecule has 0 bridgehead atoms. The number of rotatable bonds is 7. The van der Waals surface area contributed by atoms with Crippen LogP contribution in [-0.2, 0) is 4.79 Å². The third kappa shape index (κ3) is 5.32.